The summed E-state index contributed by atoms with van der Waals surface area (Å²) in [6.45, 7) is 1.32. The highest BCUT2D eigenvalue weighted by Crippen LogP contribution is 2.29. The molecule has 1 N–H and O–H groups in total. The molecule has 0 bridgehead atoms. The van der Waals surface area contributed by atoms with Crippen molar-refractivity contribution in [3.8, 4) is 5.75 Å². The van der Waals surface area contributed by atoms with Gasteiger partial charge in [-0.15, -0.1) is 0 Å². The first-order valence-corrected chi connectivity index (χ1v) is 7.36. The van der Waals surface area contributed by atoms with E-state index in [1.54, 1.807) is 0 Å². The molecule has 1 aromatic heterocycles. The zero-order chi connectivity index (χ0) is 19.3. The second-order valence-electron chi connectivity index (χ2n) is 5.09. The highest BCUT2D eigenvalue weighted by atomic mass is 16.6. The van der Waals surface area contributed by atoms with Crippen LogP contribution in [0, 0.1) is 15.3 Å². The van der Waals surface area contributed by atoms with Crippen LogP contribution in [0.2, 0.25) is 0 Å². The molecule has 2 rings (SSSR count). The predicted octanol–water partition coefficient (Wildman–Crippen LogP) is 1.42. The number of anilines is 1. The summed E-state index contributed by atoms with van der Waals surface area (Å²) in [6.07, 6.45) is -0.0918. The number of nitro benzene ring substituents is 1. The summed E-state index contributed by atoms with van der Waals surface area (Å²) < 4.78 is 10.3. The number of nitro groups is 1. The largest absolute Gasteiger partial charge is 0.618 e. The molecule has 0 aliphatic rings. The average Bonchev–Trinajstić information content (AvgIpc) is 2.61. The van der Waals surface area contributed by atoms with E-state index in [0.29, 0.717) is 4.73 Å². The number of aromatic nitrogens is 1. The number of amides is 1. The first-order valence-electron chi connectivity index (χ1n) is 7.36. The van der Waals surface area contributed by atoms with Gasteiger partial charge in [0.25, 0.3) is 11.6 Å². The summed E-state index contributed by atoms with van der Waals surface area (Å²) in [4.78, 5) is 34.3. The molecule has 10 nitrogen and oxygen atoms in total. The van der Waals surface area contributed by atoms with Gasteiger partial charge in [0.2, 0.25) is 0 Å². The number of nitrogens with one attached hydrogen (secondary N) is 1. The maximum atomic E-state index is 12.2. The number of esters is 1. The lowest BCUT2D eigenvalue weighted by atomic mass is 10.2. The van der Waals surface area contributed by atoms with Gasteiger partial charge < -0.3 is 20.0 Å². The molecule has 1 aromatic carbocycles. The Morgan fingerprint density at radius 3 is 2.62 bits per heavy atom. The van der Waals surface area contributed by atoms with Gasteiger partial charge in [0.1, 0.15) is 5.75 Å². The average molecular weight is 361 g/mol. The van der Waals surface area contributed by atoms with Crippen molar-refractivity contribution in [2.45, 2.75) is 13.0 Å². The van der Waals surface area contributed by atoms with Crippen LogP contribution < -0.4 is 14.8 Å². The molecule has 10 heteroatoms. The van der Waals surface area contributed by atoms with E-state index in [0.717, 1.165) is 12.3 Å². The van der Waals surface area contributed by atoms with E-state index >= 15 is 0 Å². The number of rotatable bonds is 6. The zero-order valence-electron chi connectivity index (χ0n) is 13.9. The molecule has 0 spiro atoms. The lowest BCUT2D eigenvalue weighted by Gasteiger charge is -2.14. The first-order chi connectivity index (χ1) is 12.3. The maximum Gasteiger partial charge on any atom is 0.405 e. The summed E-state index contributed by atoms with van der Waals surface area (Å²) >= 11 is 0. The second-order valence-corrected chi connectivity index (χ2v) is 5.09. The van der Waals surface area contributed by atoms with Crippen LogP contribution >= 0.6 is 0 Å². The van der Waals surface area contributed by atoms with Gasteiger partial charge in [0.15, 0.2) is 12.3 Å². The highest BCUT2D eigenvalue weighted by molar-refractivity contribution is 5.97. The van der Waals surface area contributed by atoms with Crippen LogP contribution in [0.3, 0.4) is 0 Å². The van der Waals surface area contributed by atoms with Gasteiger partial charge >= 0.3 is 11.7 Å². The van der Waals surface area contributed by atoms with Crippen molar-refractivity contribution in [1.82, 2.24) is 0 Å². The highest BCUT2D eigenvalue weighted by Gasteiger charge is 2.24. The number of hydrogen-bond acceptors (Lipinski definition) is 7. The van der Waals surface area contributed by atoms with Gasteiger partial charge in [-0.25, -0.2) is 4.79 Å². The SMILES string of the molecule is COc1cc([N+](=O)[O-])ccc1NC(=O)[C@@H](C)OC(=O)c1cccc[n+]1[O-]. The summed E-state index contributed by atoms with van der Waals surface area (Å²) in [7, 11) is 1.29. The van der Waals surface area contributed by atoms with Crippen LogP contribution in [0.1, 0.15) is 17.4 Å². The quantitative estimate of drug-likeness (QED) is 0.270. The van der Waals surface area contributed by atoms with Crippen molar-refractivity contribution in [2.75, 3.05) is 12.4 Å². The van der Waals surface area contributed by atoms with Gasteiger partial charge in [-0.1, -0.05) is 0 Å². The first kappa shape index (κ1) is 18.6. The minimum Gasteiger partial charge on any atom is -0.618 e. The number of ether oxygens (including phenoxy) is 2. The minimum absolute atomic E-state index is 0.0755. The Bertz CT molecular complexity index is 853. The zero-order valence-corrected chi connectivity index (χ0v) is 13.9. The van der Waals surface area contributed by atoms with Crippen LogP contribution in [0.5, 0.6) is 5.75 Å². The van der Waals surface area contributed by atoms with E-state index in [9.17, 15) is 24.9 Å². The molecule has 0 aliphatic heterocycles. The number of carbonyl (C=O) groups excluding carboxylic acids is 2. The molecular weight excluding hydrogens is 346 g/mol. The van der Waals surface area contributed by atoms with E-state index in [-0.39, 0.29) is 22.8 Å². The summed E-state index contributed by atoms with van der Waals surface area (Å²) in [6, 6.07) is 7.83. The van der Waals surface area contributed by atoms with Crippen molar-refractivity contribution in [1.29, 1.82) is 0 Å². The number of non-ortho nitro benzene ring substituents is 1. The monoisotopic (exact) mass is 361 g/mol. The van der Waals surface area contributed by atoms with Gasteiger partial charge in [0, 0.05) is 18.2 Å². The Kier molecular flexibility index (Phi) is 5.68. The van der Waals surface area contributed by atoms with E-state index in [1.165, 1.54) is 44.4 Å². The molecule has 1 amide bonds. The standard InChI is InChI=1S/C16H15N3O7/c1-10(26-16(21)13-5-3-4-8-18(13)22)15(20)17-12-7-6-11(19(23)24)9-14(12)25-2/h3-10H,1-2H3,(H,17,20)/t10-/m1/s1. The van der Waals surface area contributed by atoms with E-state index in [1.807, 2.05) is 0 Å². The van der Waals surface area contributed by atoms with Gasteiger partial charge in [0.05, 0.1) is 23.8 Å². The fourth-order valence-corrected chi connectivity index (χ4v) is 1.99. The summed E-state index contributed by atoms with van der Waals surface area (Å²) in [5.74, 6) is -1.58. The number of nitrogens with zero attached hydrogens (tertiary/aromatic N) is 2. The minimum atomic E-state index is -1.22. The molecule has 0 saturated carbocycles. The Labute approximate surface area is 147 Å². The Hall–Kier alpha value is -3.69. The predicted molar refractivity (Wildman–Crippen MR) is 88.6 cm³/mol. The number of pyridine rings is 1. The lowest BCUT2D eigenvalue weighted by Crippen LogP contribution is -2.37. The van der Waals surface area contributed by atoms with E-state index in [2.05, 4.69) is 5.32 Å². The van der Waals surface area contributed by atoms with Crippen LogP contribution in [0.25, 0.3) is 0 Å². The molecule has 0 fully saturated rings. The van der Waals surface area contributed by atoms with Gasteiger partial charge in [-0.2, -0.15) is 4.73 Å². The fourth-order valence-electron chi connectivity index (χ4n) is 1.99. The Balaban J connectivity index is 2.08. The topological polar surface area (TPSA) is 135 Å². The Morgan fingerprint density at radius 1 is 1.27 bits per heavy atom. The molecule has 1 atom stereocenters. The van der Waals surface area contributed by atoms with E-state index < -0.39 is 22.9 Å². The molecule has 0 aliphatic carbocycles. The van der Waals surface area contributed by atoms with Gasteiger partial charge in [-0.3, -0.25) is 14.9 Å². The third-order valence-electron chi connectivity index (χ3n) is 3.34. The van der Waals surface area contributed by atoms with Crippen molar-refractivity contribution >= 4 is 23.3 Å². The molecule has 0 saturated heterocycles. The molecule has 0 radical (unpaired) electrons. The normalized spacial score (nSPS) is 11.3. The smallest absolute Gasteiger partial charge is 0.405 e. The molecule has 1 heterocycles. The third-order valence-corrected chi connectivity index (χ3v) is 3.34. The molecule has 0 unspecified atom stereocenters. The Morgan fingerprint density at radius 2 is 2.00 bits per heavy atom. The van der Waals surface area contributed by atoms with Crippen molar-refractivity contribution in [3.63, 3.8) is 0 Å². The van der Waals surface area contributed by atoms with Crippen LogP contribution in [0.15, 0.2) is 42.6 Å². The van der Waals surface area contributed by atoms with Crippen LogP contribution in [-0.2, 0) is 9.53 Å². The second kappa shape index (κ2) is 7.92. The number of benzene rings is 1. The van der Waals surface area contributed by atoms with Gasteiger partial charge in [-0.05, 0) is 19.1 Å². The van der Waals surface area contributed by atoms with Crippen LogP contribution in [-0.4, -0.2) is 30.0 Å². The summed E-state index contributed by atoms with van der Waals surface area (Å²) in [5, 5.41) is 24.7. The molecule has 136 valence electrons. The fraction of sp³-hybridized carbons (Fsp3) is 0.188. The molecule has 26 heavy (non-hydrogen) atoms. The third kappa shape index (κ3) is 4.23. The van der Waals surface area contributed by atoms with Crippen molar-refractivity contribution in [3.05, 3.63) is 63.6 Å². The van der Waals surface area contributed by atoms with E-state index in [4.69, 9.17) is 9.47 Å². The summed E-state index contributed by atoms with van der Waals surface area (Å²) in [5.41, 5.74) is -0.298. The number of hydrogen-bond donors (Lipinski definition) is 1. The van der Waals surface area contributed by atoms with Crippen LogP contribution in [0.4, 0.5) is 11.4 Å². The lowest BCUT2D eigenvalue weighted by molar-refractivity contribution is -0.608. The maximum absolute atomic E-state index is 12.2. The van der Waals surface area contributed by atoms with Crippen molar-refractivity contribution < 1.29 is 28.7 Å². The number of methoxy groups -OCH3 is 1. The molecular formula is C16H15N3O7. The van der Waals surface area contributed by atoms with Crippen molar-refractivity contribution in [2.24, 2.45) is 0 Å². The number of carbonyl (C=O) groups is 2. The molecule has 2 aromatic rings.